The molecule has 2 saturated heterocycles. The third-order valence-corrected chi connectivity index (χ3v) is 8.60. The van der Waals surface area contributed by atoms with Gasteiger partial charge >= 0.3 is 0 Å². The van der Waals surface area contributed by atoms with Gasteiger partial charge in [-0.2, -0.15) is 4.39 Å². The molecule has 2 aliphatic heterocycles. The second-order valence-electron chi connectivity index (χ2n) is 11.3. The molecule has 4 heterocycles. The Morgan fingerprint density at radius 1 is 1.16 bits per heavy atom. The zero-order valence-electron chi connectivity index (χ0n) is 24.3. The molecular formula is C28H32F2N6OS. The van der Waals surface area contributed by atoms with E-state index < -0.39 is 23.8 Å². The van der Waals surface area contributed by atoms with Crippen molar-refractivity contribution in [2.24, 2.45) is 0 Å². The van der Waals surface area contributed by atoms with E-state index in [9.17, 15) is 9.50 Å². The fraction of sp³-hybridized carbons (Fsp3) is 0.500. The molecule has 0 radical (unpaired) electrons. The topological polar surface area (TPSA) is 87.1 Å². The molecule has 2 N–H and O–H groups in total. The summed E-state index contributed by atoms with van der Waals surface area (Å²) >= 11 is 0.481. The molecule has 1 aliphatic carbocycles. The highest BCUT2D eigenvalue weighted by Gasteiger charge is 2.56. The Morgan fingerprint density at radius 3 is 2.71 bits per heavy atom. The predicted molar refractivity (Wildman–Crippen MR) is 144 cm³/mol. The molecule has 0 spiro atoms. The minimum absolute atomic E-state index is 0.0188. The van der Waals surface area contributed by atoms with Gasteiger partial charge in [0.15, 0.2) is 0 Å². The van der Waals surface area contributed by atoms with E-state index in [1.54, 1.807) is 12.1 Å². The predicted octanol–water partition coefficient (Wildman–Crippen LogP) is 5.54. The fourth-order valence-electron chi connectivity index (χ4n) is 6.31. The van der Waals surface area contributed by atoms with Crippen LogP contribution >= 0.6 is 11.8 Å². The van der Waals surface area contributed by atoms with E-state index in [0.717, 1.165) is 32.1 Å². The summed E-state index contributed by atoms with van der Waals surface area (Å²) in [5.74, 6) is -0.554. The number of nitrogens with zero attached hydrogens (tertiary/aromatic N) is 5. The maximum Gasteiger partial charge on any atom is 0.245 e. The Bertz CT molecular complexity index is 1460. The minimum atomic E-state index is -2.37. The SMILES string of the molecule is [2H]C([2H])([2H])Sc1cc(-c2ccc(-c3cnc(N(C4CC4)[C@@H]4C[C@@]5(C)CCC[C@](C)(N5)[C@@H]4F)nn3)c(O)c2)cc(F)n1. The number of rotatable bonds is 6. The highest BCUT2D eigenvalue weighted by atomic mass is 32.2. The third kappa shape index (κ3) is 4.62. The van der Waals surface area contributed by atoms with Crippen LogP contribution in [-0.4, -0.2) is 60.8 Å². The molecule has 6 rings (SSSR count). The molecule has 1 aromatic carbocycles. The normalized spacial score (nSPS) is 30.3. The zero-order chi connectivity index (χ0) is 29.2. The maximum atomic E-state index is 16.0. The molecular weight excluding hydrogens is 506 g/mol. The number of benzene rings is 1. The van der Waals surface area contributed by atoms with Crippen LogP contribution in [0.2, 0.25) is 0 Å². The van der Waals surface area contributed by atoms with Gasteiger partial charge in [0, 0.05) is 32.9 Å². The number of alkyl halides is 1. The second-order valence-corrected chi connectivity index (χ2v) is 11.9. The summed E-state index contributed by atoms with van der Waals surface area (Å²) in [6.07, 6.45) is 3.46. The van der Waals surface area contributed by atoms with Gasteiger partial charge < -0.3 is 15.3 Å². The van der Waals surface area contributed by atoms with Crippen LogP contribution < -0.4 is 10.2 Å². The number of pyridine rings is 1. The van der Waals surface area contributed by atoms with Crippen molar-refractivity contribution in [3.05, 3.63) is 42.5 Å². The third-order valence-electron chi connectivity index (χ3n) is 8.18. The Kier molecular flexibility index (Phi) is 5.45. The van der Waals surface area contributed by atoms with Crippen LogP contribution in [-0.2, 0) is 0 Å². The molecule has 1 saturated carbocycles. The second kappa shape index (κ2) is 9.41. The highest BCUT2D eigenvalue weighted by Crippen LogP contribution is 2.46. The number of nitrogens with one attached hydrogen (secondary N) is 1. The number of aromatic nitrogens is 4. The number of fused-ring (bicyclic) bond motifs is 2. The lowest BCUT2D eigenvalue weighted by Gasteiger charge is -2.57. The van der Waals surface area contributed by atoms with Gasteiger partial charge in [0.2, 0.25) is 11.9 Å². The first kappa shape index (κ1) is 22.0. The number of piperidine rings is 2. The van der Waals surface area contributed by atoms with Crippen LogP contribution in [0.4, 0.5) is 14.7 Å². The van der Waals surface area contributed by atoms with Crippen LogP contribution in [0.25, 0.3) is 22.4 Å². The quantitative estimate of drug-likeness (QED) is 0.311. The minimum Gasteiger partial charge on any atom is -0.507 e. The Balaban J connectivity index is 1.26. The van der Waals surface area contributed by atoms with E-state index in [1.165, 1.54) is 24.4 Å². The zero-order valence-corrected chi connectivity index (χ0v) is 22.1. The number of hydrogen-bond donors (Lipinski definition) is 2. The molecule has 3 aromatic rings. The molecule has 4 atom stereocenters. The van der Waals surface area contributed by atoms with Crippen molar-refractivity contribution in [3.8, 4) is 28.1 Å². The van der Waals surface area contributed by atoms with E-state index in [2.05, 4.69) is 32.4 Å². The average Bonchev–Trinajstić information content (AvgIpc) is 3.71. The van der Waals surface area contributed by atoms with Crippen LogP contribution in [0.15, 0.2) is 41.6 Å². The lowest BCUT2D eigenvalue weighted by molar-refractivity contribution is 0.0000874. The first-order chi connectivity index (χ1) is 19.3. The first-order valence-corrected chi connectivity index (χ1v) is 13.8. The molecule has 38 heavy (non-hydrogen) atoms. The van der Waals surface area contributed by atoms with Gasteiger partial charge in [-0.15, -0.1) is 22.0 Å². The summed E-state index contributed by atoms with van der Waals surface area (Å²) in [5.41, 5.74) is 0.840. The van der Waals surface area contributed by atoms with Crippen molar-refractivity contribution in [1.29, 1.82) is 0 Å². The van der Waals surface area contributed by atoms with E-state index in [1.807, 2.05) is 11.8 Å². The fourth-order valence-corrected chi connectivity index (χ4v) is 6.63. The molecule has 2 bridgehead atoms. The molecule has 10 heteroatoms. The number of phenolic OH excluding ortho intramolecular Hbond substituents is 1. The number of halogens is 2. The smallest absolute Gasteiger partial charge is 0.245 e. The van der Waals surface area contributed by atoms with Crippen LogP contribution in [0.5, 0.6) is 5.75 Å². The molecule has 0 unspecified atom stereocenters. The standard InChI is InChI=1S/C28H32F2N6OS/c1-27-9-4-10-28(2,35-27)25(30)21(14-27)36(18-6-7-18)26-31-15-20(33-34-26)19-8-5-16(11-22(19)37)17-12-23(29)32-24(13-17)38-3/h5,8,11-13,15,18,21,25,35,37H,4,6-7,9-10,14H2,1-3H3/t21-,25-,27-,28+/m1/s1/i3D3. The van der Waals surface area contributed by atoms with Crippen molar-refractivity contribution in [2.75, 3.05) is 11.1 Å². The number of anilines is 1. The molecule has 7 nitrogen and oxygen atoms in total. The van der Waals surface area contributed by atoms with E-state index in [0.29, 0.717) is 46.5 Å². The van der Waals surface area contributed by atoms with Crippen molar-refractivity contribution in [3.63, 3.8) is 0 Å². The van der Waals surface area contributed by atoms with Crippen molar-refractivity contribution in [2.45, 2.75) is 86.7 Å². The molecule has 2 aromatic heterocycles. The summed E-state index contributed by atoms with van der Waals surface area (Å²) in [7, 11) is 0. The van der Waals surface area contributed by atoms with Gasteiger partial charge in [0.25, 0.3) is 0 Å². The average molecular weight is 542 g/mol. The molecule has 3 fully saturated rings. The summed E-state index contributed by atoms with van der Waals surface area (Å²) < 4.78 is 52.4. The van der Waals surface area contributed by atoms with Crippen molar-refractivity contribution < 1.29 is 18.0 Å². The monoisotopic (exact) mass is 541 g/mol. The van der Waals surface area contributed by atoms with Gasteiger partial charge in [0.1, 0.15) is 17.6 Å². The Labute approximate surface area is 229 Å². The van der Waals surface area contributed by atoms with Gasteiger partial charge in [0.05, 0.1) is 17.3 Å². The van der Waals surface area contributed by atoms with Gasteiger partial charge in [-0.1, -0.05) is 6.07 Å². The number of hydrogen-bond acceptors (Lipinski definition) is 8. The van der Waals surface area contributed by atoms with E-state index in [4.69, 9.17) is 4.11 Å². The Morgan fingerprint density at radius 2 is 2.00 bits per heavy atom. The lowest BCUT2D eigenvalue weighted by atomic mass is 9.68. The Hall–Kier alpha value is -2.85. The molecule has 200 valence electrons. The van der Waals surface area contributed by atoms with Crippen molar-refractivity contribution in [1.82, 2.24) is 25.5 Å². The van der Waals surface area contributed by atoms with Crippen LogP contribution in [0.3, 0.4) is 0 Å². The summed E-state index contributed by atoms with van der Waals surface area (Å²) in [6.45, 7) is 4.16. The highest BCUT2D eigenvalue weighted by molar-refractivity contribution is 7.98. The molecule has 3 aliphatic rings. The van der Waals surface area contributed by atoms with Crippen LogP contribution in [0, 0.1) is 5.95 Å². The summed E-state index contributed by atoms with van der Waals surface area (Å²) in [5, 5.41) is 23.2. The number of phenols is 1. The number of aromatic hydroxyl groups is 1. The first-order valence-electron chi connectivity index (χ1n) is 14.4. The van der Waals surface area contributed by atoms with Crippen LogP contribution in [0.1, 0.15) is 56.5 Å². The molecule has 0 amide bonds. The van der Waals surface area contributed by atoms with Gasteiger partial charge in [-0.25, -0.2) is 14.4 Å². The number of thioether (sulfide) groups is 1. The van der Waals surface area contributed by atoms with Gasteiger partial charge in [-0.3, -0.25) is 0 Å². The largest absolute Gasteiger partial charge is 0.507 e. The lowest BCUT2D eigenvalue weighted by Crippen LogP contribution is -2.73. The summed E-state index contributed by atoms with van der Waals surface area (Å²) in [4.78, 5) is 10.3. The van der Waals surface area contributed by atoms with Gasteiger partial charge in [-0.05, 0) is 87.9 Å². The van der Waals surface area contributed by atoms with Crippen molar-refractivity contribution >= 4 is 17.7 Å². The maximum absolute atomic E-state index is 16.0. The summed E-state index contributed by atoms with van der Waals surface area (Å²) in [6, 6.07) is 7.20. The van der Waals surface area contributed by atoms with E-state index >= 15 is 4.39 Å². The van der Waals surface area contributed by atoms with E-state index in [-0.39, 0.29) is 28.4 Å².